The fraction of sp³-hybridized carbons (Fsp3) is 0.887. The van der Waals surface area contributed by atoms with Crippen LogP contribution in [0.5, 0.6) is 0 Å². The minimum atomic E-state index is -1.28. The first kappa shape index (κ1) is 58.5. The van der Waals surface area contributed by atoms with Crippen molar-refractivity contribution < 1.29 is 76.5 Å². The predicted molar refractivity (Wildman–Crippen MR) is 259 cm³/mol. The van der Waals surface area contributed by atoms with E-state index in [9.17, 15) is 10.2 Å². The lowest BCUT2D eigenvalue weighted by atomic mass is 9.95. The zero-order valence-electron chi connectivity index (χ0n) is 43.2. The summed E-state index contributed by atoms with van der Waals surface area (Å²) >= 11 is 0. The average molecular weight is 985 g/mol. The summed E-state index contributed by atoms with van der Waals surface area (Å²) in [6.07, 6.45) is -1.76. The van der Waals surface area contributed by atoms with E-state index in [4.69, 9.17) is 66.3 Å². The molecule has 0 bridgehead atoms. The zero-order chi connectivity index (χ0) is 49.2. The van der Waals surface area contributed by atoms with Gasteiger partial charge in [-0.05, 0) is 44.9 Å². The maximum Gasteiger partial charge on any atom is 0.187 e. The number of ether oxygens (including phenoxy) is 14. The van der Waals surface area contributed by atoms with E-state index >= 15 is 0 Å². The highest BCUT2D eigenvalue weighted by atomic mass is 16.8. The molecule has 4 heterocycles. The summed E-state index contributed by atoms with van der Waals surface area (Å²) in [5.74, 6) is 0. The fourth-order valence-corrected chi connectivity index (χ4v) is 8.87. The number of aliphatic hydroxyl groups excluding tert-OH is 2. The van der Waals surface area contributed by atoms with E-state index in [1.807, 2.05) is 30.3 Å². The fourth-order valence-electron chi connectivity index (χ4n) is 8.87. The molecule has 0 spiro atoms. The number of unbranched alkanes of at least 4 members (excludes halogenated alkanes) is 7. The second kappa shape index (κ2) is 33.4. The lowest BCUT2D eigenvalue weighted by molar-refractivity contribution is -0.401. The second-order valence-corrected chi connectivity index (χ2v) is 18.8. The first-order chi connectivity index (χ1) is 33.8. The Hall–Kier alpha value is -1.42. The van der Waals surface area contributed by atoms with Gasteiger partial charge in [0.25, 0.3) is 0 Å². The van der Waals surface area contributed by atoms with Gasteiger partial charge in [0.2, 0.25) is 0 Å². The molecule has 7 unspecified atom stereocenters. The average Bonchev–Trinajstić information content (AvgIpc) is 3.36. The van der Waals surface area contributed by atoms with Gasteiger partial charge in [-0.15, -0.1) is 0 Å². The van der Waals surface area contributed by atoms with Gasteiger partial charge in [0.15, 0.2) is 25.2 Å². The SMILES string of the molecule is CCCCOCC1O[C@@H](O)C(OCCCC)[C@@H](OCCCC)[C@@H]1O[C@@H]1OC(COCCCC)[C@H](O[C@H]2OC3COC(c4ccccc4)O[C@@H]3[C@H](O)C2OCCCC)[C@H](OCCCC)C1OCCCC. The molecule has 69 heavy (non-hydrogen) atoms. The van der Waals surface area contributed by atoms with Crippen molar-refractivity contribution in [3.05, 3.63) is 35.9 Å². The van der Waals surface area contributed by atoms with Crippen molar-refractivity contribution in [2.45, 2.75) is 237 Å². The Morgan fingerprint density at radius 1 is 0.464 bits per heavy atom. The van der Waals surface area contributed by atoms with Crippen molar-refractivity contribution >= 4 is 0 Å². The highest BCUT2D eigenvalue weighted by Gasteiger charge is 2.57. The van der Waals surface area contributed by atoms with E-state index in [1.165, 1.54) is 0 Å². The van der Waals surface area contributed by atoms with E-state index in [0.717, 1.165) is 95.5 Å². The summed E-state index contributed by atoms with van der Waals surface area (Å²) in [7, 11) is 0. The van der Waals surface area contributed by atoms with Crippen molar-refractivity contribution in [2.75, 3.05) is 66.1 Å². The van der Waals surface area contributed by atoms with Gasteiger partial charge in [-0.25, -0.2) is 0 Å². The van der Waals surface area contributed by atoms with Crippen LogP contribution in [0.25, 0.3) is 0 Å². The molecular weight excluding hydrogens is 893 g/mol. The van der Waals surface area contributed by atoms with Crippen LogP contribution in [0, 0.1) is 0 Å². The van der Waals surface area contributed by atoms with Crippen LogP contribution in [0.4, 0.5) is 0 Å². The molecule has 1 aromatic rings. The monoisotopic (exact) mass is 985 g/mol. The Bertz CT molecular complexity index is 1430. The molecule has 4 aliphatic rings. The van der Waals surface area contributed by atoms with Gasteiger partial charge in [0.05, 0.1) is 19.8 Å². The summed E-state index contributed by atoms with van der Waals surface area (Å²) in [4.78, 5) is 0. The molecule has 2 N–H and O–H groups in total. The number of benzene rings is 1. The highest BCUT2D eigenvalue weighted by molar-refractivity contribution is 5.16. The molecule has 4 aliphatic heterocycles. The molecule has 4 fully saturated rings. The molecule has 4 saturated heterocycles. The van der Waals surface area contributed by atoms with E-state index < -0.39 is 98.4 Å². The van der Waals surface area contributed by atoms with Crippen molar-refractivity contribution in [2.24, 2.45) is 0 Å². The van der Waals surface area contributed by atoms with Crippen LogP contribution in [0.1, 0.15) is 150 Å². The van der Waals surface area contributed by atoms with Crippen LogP contribution in [0.2, 0.25) is 0 Å². The minimum absolute atomic E-state index is 0.135. The van der Waals surface area contributed by atoms with Gasteiger partial charge in [-0.2, -0.15) is 0 Å². The number of hydrogen-bond donors (Lipinski definition) is 2. The lowest BCUT2D eigenvalue weighted by Crippen LogP contribution is -2.68. The number of hydrogen-bond acceptors (Lipinski definition) is 16. The molecule has 16 nitrogen and oxygen atoms in total. The van der Waals surface area contributed by atoms with Gasteiger partial charge in [-0.3, -0.25) is 0 Å². The normalized spacial score (nSPS) is 33.9. The summed E-state index contributed by atoms with van der Waals surface area (Å²) in [5.41, 5.74) is 0.845. The van der Waals surface area contributed by atoms with Crippen LogP contribution >= 0.6 is 0 Å². The summed E-state index contributed by atoms with van der Waals surface area (Å²) in [6.45, 7) is 18.3. The minimum Gasteiger partial charge on any atom is -0.387 e. The van der Waals surface area contributed by atoms with E-state index in [2.05, 4.69) is 48.5 Å². The van der Waals surface area contributed by atoms with Gasteiger partial charge in [0.1, 0.15) is 73.2 Å². The Kier molecular flexibility index (Phi) is 28.3. The van der Waals surface area contributed by atoms with Crippen LogP contribution in [-0.2, 0) is 66.3 Å². The van der Waals surface area contributed by atoms with Crippen molar-refractivity contribution in [1.82, 2.24) is 0 Å². The Labute approximate surface area is 414 Å². The maximum atomic E-state index is 12.2. The molecule has 0 amide bonds. The third kappa shape index (κ3) is 17.9. The van der Waals surface area contributed by atoms with Gasteiger partial charge >= 0.3 is 0 Å². The molecule has 0 saturated carbocycles. The van der Waals surface area contributed by atoms with Crippen molar-refractivity contribution in [1.29, 1.82) is 0 Å². The maximum absolute atomic E-state index is 12.2. The molecule has 16 heteroatoms. The molecule has 0 aliphatic carbocycles. The molecule has 16 atom stereocenters. The first-order valence-electron chi connectivity index (χ1n) is 27.0. The van der Waals surface area contributed by atoms with Gasteiger partial charge in [0, 0.05) is 51.8 Å². The number of fused-ring (bicyclic) bond motifs is 1. The second-order valence-electron chi connectivity index (χ2n) is 18.8. The highest BCUT2D eigenvalue weighted by Crippen LogP contribution is 2.39. The quantitative estimate of drug-likeness (QED) is 0.0628. The van der Waals surface area contributed by atoms with Crippen LogP contribution in [0.15, 0.2) is 30.3 Å². The van der Waals surface area contributed by atoms with Gasteiger partial charge < -0.3 is 76.5 Å². The summed E-state index contributed by atoms with van der Waals surface area (Å²) < 4.78 is 93.2. The molecule has 5 rings (SSSR count). The third-order valence-corrected chi connectivity index (χ3v) is 13.1. The Balaban J connectivity index is 1.53. The predicted octanol–water partition coefficient (Wildman–Crippen LogP) is 7.96. The number of aliphatic hydroxyl groups is 2. The molecule has 400 valence electrons. The van der Waals surface area contributed by atoms with E-state index in [-0.39, 0.29) is 19.8 Å². The van der Waals surface area contributed by atoms with Crippen LogP contribution in [-0.4, -0.2) is 168 Å². The van der Waals surface area contributed by atoms with Gasteiger partial charge in [-0.1, -0.05) is 124 Å². The van der Waals surface area contributed by atoms with E-state index in [1.54, 1.807) is 0 Å². The smallest absolute Gasteiger partial charge is 0.187 e. The topological polar surface area (TPSA) is 170 Å². The van der Waals surface area contributed by atoms with Crippen molar-refractivity contribution in [3.8, 4) is 0 Å². The molecule has 0 radical (unpaired) electrons. The standard InChI is InChI=1S/C53H92O16/c1-8-15-27-56-34-38-43(46(59-30-18-11-4)48(50(55)64-38)61-32-20-13-6)69-53-49(62-33-21-14-7)47(60-31-19-12-5)44(39(65-53)35-57-28-16-9-2)68-52-45(58-29-17-10-3)41(54)42-40(66-52)36-63-51(67-42)37-25-23-22-24-26-37/h22-26,38-55H,8-21,27-36H2,1-7H3/t38?,39?,40?,41-,42-,43+,44-,45?,46-,47-,48?,49?,50+,51?,52+,53-/m0/s1. The lowest BCUT2D eigenvalue weighted by Gasteiger charge is -2.52. The Morgan fingerprint density at radius 2 is 0.899 bits per heavy atom. The summed E-state index contributed by atoms with van der Waals surface area (Å²) in [6, 6.07) is 9.68. The first-order valence-corrected chi connectivity index (χ1v) is 27.0. The zero-order valence-corrected chi connectivity index (χ0v) is 43.2. The third-order valence-electron chi connectivity index (χ3n) is 13.1. The largest absolute Gasteiger partial charge is 0.387 e. The number of rotatable bonds is 35. The summed E-state index contributed by atoms with van der Waals surface area (Å²) in [5, 5.41) is 23.8. The van der Waals surface area contributed by atoms with Crippen LogP contribution < -0.4 is 0 Å². The molecule has 1 aromatic carbocycles. The molecule has 0 aromatic heterocycles. The molecular formula is C53H92O16. The Morgan fingerprint density at radius 3 is 1.42 bits per heavy atom. The van der Waals surface area contributed by atoms with Crippen molar-refractivity contribution in [3.63, 3.8) is 0 Å². The van der Waals surface area contributed by atoms with Crippen LogP contribution in [0.3, 0.4) is 0 Å². The van der Waals surface area contributed by atoms with E-state index in [0.29, 0.717) is 46.2 Å².